The first kappa shape index (κ1) is 14.7. The van der Waals surface area contributed by atoms with E-state index < -0.39 is 6.36 Å². The maximum Gasteiger partial charge on any atom is 0.573 e. The zero-order valence-corrected chi connectivity index (χ0v) is 10.9. The second kappa shape index (κ2) is 6.15. The monoisotopic (exact) mass is 287 g/mol. The van der Waals surface area contributed by atoms with E-state index in [9.17, 15) is 18.0 Å². The zero-order valence-electron chi connectivity index (χ0n) is 10.9. The number of amides is 1. The van der Waals surface area contributed by atoms with Crippen LogP contribution in [-0.2, 0) is 11.2 Å². The van der Waals surface area contributed by atoms with E-state index in [-0.39, 0.29) is 24.1 Å². The Bertz CT molecular complexity index is 450. The van der Waals surface area contributed by atoms with E-state index in [0.717, 1.165) is 25.7 Å². The molecule has 0 saturated heterocycles. The lowest BCUT2D eigenvalue weighted by molar-refractivity contribution is -0.274. The molecule has 0 atom stereocenters. The number of benzene rings is 1. The van der Waals surface area contributed by atoms with Crippen molar-refractivity contribution < 1.29 is 22.7 Å². The number of alkyl halides is 3. The molecule has 0 bridgehead atoms. The molecule has 1 amide bonds. The minimum absolute atomic E-state index is 0.0959. The lowest BCUT2D eigenvalue weighted by Gasteiger charge is -2.12. The number of carbonyl (C=O) groups excluding carboxylic acids is 1. The van der Waals surface area contributed by atoms with Crippen molar-refractivity contribution in [3.8, 4) is 5.75 Å². The van der Waals surface area contributed by atoms with Crippen molar-refractivity contribution in [2.45, 2.75) is 44.5 Å². The van der Waals surface area contributed by atoms with Gasteiger partial charge in [0.2, 0.25) is 5.91 Å². The van der Waals surface area contributed by atoms with Crippen molar-refractivity contribution in [2.24, 2.45) is 0 Å². The number of carbonyl (C=O) groups is 1. The summed E-state index contributed by atoms with van der Waals surface area (Å²) in [7, 11) is 0. The van der Waals surface area contributed by atoms with Crippen LogP contribution in [0.2, 0.25) is 0 Å². The molecular formula is C14H16F3NO2. The summed E-state index contributed by atoms with van der Waals surface area (Å²) in [4.78, 5) is 11.8. The van der Waals surface area contributed by atoms with Gasteiger partial charge in [-0.1, -0.05) is 25.0 Å². The second-order valence-corrected chi connectivity index (χ2v) is 4.92. The van der Waals surface area contributed by atoms with Crippen LogP contribution in [0.4, 0.5) is 13.2 Å². The van der Waals surface area contributed by atoms with Gasteiger partial charge >= 0.3 is 6.36 Å². The predicted molar refractivity (Wildman–Crippen MR) is 67.2 cm³/mol. The van der Waals surface area contributed by atoms with E-state index >= 15 is 0 Å². The Morgan fingerprint density at radius 1 is 1.20 bits per heavy atom. The maximum atomic E-state index is 12.0. The third kappa shape index (κ3) is 4.75. The normalized spacial score (nSPS) is 16.1. The van der Waals surface area contributed by atoms with Gasteiger partial charge in [-0.3, -0.25) is 4.79 Å². The first-order valence-corrected chi connectivity index (χ1v) is 6.56. The number of hydrogen-bond acceptors (Lipinski definition) is 2. The van der Waals surface area contributed by atoms with E-state index in [1.807, 2.05) is 0 Å². The first-order valence-electron chi connectivity index (χ1n) is 6.56. The largest absolute Gasteiger partial charge is 0.573 e. The van der Waals surface area contributed by atoms with E-state index in [4.69, 9.17) is 0 Å². The highest BCUT2D eigenvalue weighted by Crippen LogP contribution is 2.23. The summed E-state index contributed by atoms with van der Waals surface area (Å²) in [5.41, 5.74) is 0.662. The Labute approximate surface area is 115 Å². The molecule has 0 unspecified atom stereocenters. The van der Waals surface area contributed by atoms with Crippen LogP contribution in [0.15, 0.2) is 24.3 Å². The summed E-state index contributed by atoms with van der Waals surface area (Å²) in [6, 6.07) is 5.61. The average Bonchev–Trinajstić information content (AvgIpc) is 2.82. The Hall–Kier alpha value is -1.72. The summed E-state index contributed by atoms with van der Waals surface area (Å²) >= 11 is 0. The van der Waals surface area contributed by atoms with Crippen molar-refractivity contribution in [2.75, 3.05) is 0 Å². The third-order valence-corrected chi connectivity index (χ3v) is 3.24. The van der Waals surface area contributed by atoms with Crippen molar-refractivity contribution in [1.29, 1.82) is 0 Å². The Morgan fingerprint density at radius 3 is 2.35 bits per heavy atom. The summed E-state index contributed by atoms with van der Waals surface area (Å²) in [6.07, 6.45) is -0.249. The summed E-state index contributed by atoms with van der Waals surface area (Å²) < 4.78 is 39.7. The molecule has 1 aliphatic rings. The maximum absolute atomic E-state index is 12.0. The molecule has 1 aromatic carbocycles. The van der Waals surface area contributed by atoms with E-state index in [0.29, 0.717) is 5.56 Å². The van der Waals surface area contributed by atoms with Gasteiger partial charge in [0, 0.05) is 6.04 Å². The van der Waals surface area contributed by atoms with Gasteiger partial charge in [0.25, 0.3) is 0 Å². The molecule has 1 aromatic rings. The number of halogens is 3. The molecular weight excluding hydrogens is 271 g/mol. The molecule has 1 N–H and O–H groups in total. The van der Waals surface area contributed by atoms with Gasteiger partial charge in [0.15, 0.2) is 0 Å². The van der Waals surface area contributed by atoms with E-state index in [1.54, 1.807) is 0 Å². The Morgan fingerprint density at radius 2 is 1.80 bits per heavy atom. The molecule has 2 rings (SSSR count). The van der Waals surface area contributed by atoms with Gasteiger partial charge in [-0.2, -0.15) is 0 Å². The quantitative estimate of drug-likeness (QED) is 0.923. The van der Waals surface area contributed by atoms with Gasteiger partial charge in [-0.05, 0) is 30.5 Å². The fourth-order valence-electron chi connectivity index (χ4n) is 2.34. The van der Waals surface area contributed by atoms with Crippen LogP contribution in [-0.4, -0.2) is 18.3 Å². The van der Waals surface area contributed by atoms with Crippen LogP contribution in [0.1, 0.15) is 31.2 Å². The predicted octanol–water partition coefficient (Wildman–Crippen LogP) is 3.19. The molecule has 0 spiro atoms. The summed E-state index contributed by atoms with van der Waals surface area (Å²) in [5, 5.41) is 2.93. The van der Waals surface area contributed by atoms with Gasteiger partial charge in [0.1, 0.15) is 5.75 Å². The van der Waals surface area contributed by atoms with Gasteiger partial charge in [-0.25, -0.2) is 0 Å². The van der Waals surface area contributed by atoms with Crippen LogP contribution < -0.4 is 10.1 Å². The van der Waals surface area contributed by atoms with Gasteiger partial charge in [0.05, 0.1) is 6.42 Å². The smallest absolute Gasteiger partial charge is 0.406 e. The van der Waals surface area contributed by atoms with Crippen molar-refractivity contribution in [1.82, 2.24) is 5.32 Å². The Kier molecular flexibility index (Phi) is 4.52. The highest BCUT2D eigenvalue weighted by Gasteiger charge is 2.30. The molecule has 0 aliphatic heterocycles. The lowest BCUT2D eigenvalue weighted by atomic mass is 10.1. The third-order valence-electron chi connectivity index (χ3n) is 3.24. The van der Waals surface area contributed by atoms with Crippen LogP contribution in [0.25, 0.3) is 0 Å². The topological polar surface area (TPSA) is 38.3 Å². The highest BCUT2D eigenvalue weighted by atomic mass is 19.4. The number of rotatable bonds is 4. The molecule has 3 nitrogen and oxygen atoms in total. The minimum Gasteiger partial charge on any atom is -0.406 e. The molecule has 0 heterocycles. The van der Waals surface area contributed by atoms with Crippen LogP contribution in [0, 0.1) is 0 Å². The highest BCUT2D eigenvalue weighted by molar-refractivity contribution is 5.78. The molecule has 1 aliphatic carbocycles. The molecule has 0 radical (unpaired) electrons. The minimum atomic E-state index is -4.69. The molecule has 20 heavy (non-hydrogen) atoms. The van der Waals surface area contributed by atoms with Crippen LogP contribution >= 0.6 is 0 Å². The van der Waals surface area contributed by atoms with Gasteiger partial charge in [-0.15, -0.1) is 13.2 Å². The molecule has 0 aromatic heterocycles. The fourth-order valence-corrected chi connectivity index (χ4v) is 2.34. The first-order chi connectivity index (χ1) is 9.42. The SMILES string of the molecule is O=C(Cc1ccc(OC(F)(F)F)cc1)NC1CCCC1. The standard InChI is InChI=1S/C14H16F3NO2/c15-14(16,17)20-12-7-5-10(6-8-12)9-13(19)18-11-3-1-2-4-11/h5-8,11H,1-4,9H2,(H,18,19). The number of hydrogen-bond donors (Lipinski definition) is 1. The second-order valence-electron chi connectivity index (χ2n) is 4.92. The van der Waals surface area contributed by atoms with Crippen molar-refractivity contribution >= 4 is 5.91 Å². The van der Waals surface area contributed by atoms with Crippen LogP contribution in [0.5, 0.6) is 5.75 Å². The van der Waals surface area contributed by atoms with Crippen molar-refractivity contribution in [3.63, 3.8) is 0 Å². The number of ether oxygens (including phenoxy) is 1. The lowest BCUT2D eigenvalue weighted by Crippen LogP contribution is -2.33. The Balaban J connectivity index is 1.85. The summed E-state index contributed by atoms with van der Waals surface area (Å²) in [5.74, 6) is -0.376. The van der Waals surface area contributed by atoms with E-state index in [1.165, 1.54) is 24.3 Å². The van der Waals surface area contributed by atoms with Gasteiger partial charge < -0.3 is 10.1 Å². The van der Waals surface area contributed by atoms with Crippen LogP contribution in [0.3, 0.4) is 0 Å². The van der Waals surface area contributed by atoms with Crippen molar-refractivity contribution in [3.05, 3.63) is 29.8 Å². The average molecular weight is 287 g/mol. The molecule has 1 fully saturated rings. The molecule has 1 saturated carbocycles. The summed E-state index contributed by atoms with van der Waals surface area (Å²) in [6.45, 7) is 0. The zero-order chi connectivity index (χ0) is 14.6. The molecule has 110 valence electrons. The van der Waals surface area contributed by atoms with E-state index in [2.05, 4.69) is 10.1 Å². The number of nitrogens with one attached hydrogen (secondary N) is 1. The molecule has 6 heteroatoms. The fraction of sp³-hybridized carbons (Fsp3) is 0.500.